The van der Waals surface area contributed by atoms with Crippen molar-refractivity contribution in [1.82, 2.24) is 25.4 Å². The lowest BCUT2D eigenvalue weighted by Crippen LogP contribution is -2.46. The minimum atomic E-state index is -0.146. The molecule has 0 spiro atoms. The molecule has 0 aliphatic heterocycles. The van der Waals surface area contributed by atoms with E-state index >= 15 is 0 Å². The van der Waals surface area contributed by atoms with E-state index in [4.69, 9.17) is 0 Å². The number of benzene rings is 1. The van der Waals surface area contributed by atoms with Crippen molar-refractivity contribution in [2.75, 3.05) is 6.54 Å². The van der Waals surface area contributed by atoms with E-state index in [0.29, 0.717) is 13.1 Å². The van der Waals surface area contributed by atoms with Crippen molar-refractivity contribution in [1.29, 1.82) is 0 Å². The minimum absolute atomic E-state index is 0.146. The molecule has 1 heterocycles. The maximum Gasteiger partial charge on any atom is 0.315 e. The van der Waals surface area contributed by atoms with Gasteiger partial charge in [0.15, 0.2) is 0 Å². The Bertz CT molecular complexity index is 648. The average molecular weight is 313 g/mol. The Morgan fingerprint density at radius 1 is 1.26 bits per heavy atom. The number of urea groups is 1. The van der Waals surface area contributed by atoms with Crippen molar-refractivity contribution >= 4 is 6.03 Å². The third-order valence-corrected chi connectivity index (χ3v) is 4.67. The van der Waals surface area contributed by atoms with E-state index in [2.05, 4.69) is 45.0 Å². The van der Waals surface area contributed by atoms with E-state index in [-0.39, 0.29) is 11.4 Å². The highest BCUT2D eigenvalue weighted by Gasteiger charge is 2.37. The van der Waals surface area contributed by atoms with E-state index in [9.17, 15) is 4.79 Å². The van der Waals surface area contributed by atoms with Crippen molar-refractivity contribution in [3.8, 4) is 0 Å². The molecule has 0 radical (unpaired) electrons. The van der Waals surface area contributed by atoms with Gasteiger partial charge >= 0.3 is 6.03 Å². The number of nitrogens with zero attached hydrogens (tertiary/aromatic N) is 3. The second-order valence-corrected chi connectivity index (χ2v) is 6.35. The van der Waals surface area contributed by atoms with E-state index in [1.54, 1.807) is 4.68 Å². The Balaban J connectivity index is 1.48. The first-order valence-electron chi connectivity index (χ1n) is 8.05. The molecule has 2 N–H and O–H groups in total. The van der Waals surface area contributed by atoms with Crippen molar-refractivity contribution in [2.45, 2.75) is 32.2 Å². The quantitative estimate of drug-likeness (QED) is 0.857. The van der Waals surface area contributed by atoms with Gasteiger partial charge in [-0.2, -0.15) is 5.10 Å². The summed E-state index contributed by atoms with van der Waals surface area (Å²) in [5.74, 6) is 0.739. The zero-order chi connectivity index (χ0) is 16.1. The second kappa shape index (κ2) is 6.81. The third-order valence-electron chi connectivity index (χ3n) is 4.67. The Morgan fingerprint density at radius 3 is 2.65 bits per heavy atom. The van der Waals surface area contributed by atoms with E-state index in [0.717, 1.165) is 12.2 Å². The molecular formula is C17H23N5O. The highest BCUT2D eigenvalue weighted by Crippen LogP contribution is 2.43. The summed E-state index contributed by atoms with van der Waals surface area (Å²) in [6.07, 6.45) is 6.10. The van der Waals surface area contributed by atoms with E-state index in [1.807, 2.05) is 13.1 Å². The molecular weight excluding hydrogens is 290 g/mol. The molecule has 1 aliphatic rings. The van der Waals surface area contributed by atoms with Crippen molar-refractivity contribution in [3.05, 3.63) is 48.0 Å². The summed E-state index contributed by atoms with van der Waals surface area (Å²) in [6.45, 7) is 1.10. The van der Waals surface area contributed by atoms with Gasteiger partial charge in [-0.3, -0.25) is 4.68 Å². The van der Waals surface area contributed by atoms with Crippen LogP contribution in [-0.4, -0.2) is 27.3 Å². The molecule has 1 aromatic carbocycles. The van der Waals surface area contributed by atoms with Gasteiger partial charge in [0.1, 0.15) is 12.2 Å². The van der Waals surface area contributed by atoms with Crippen LogP contribution in [0.4, 0.5) is 4.79 Å². The maximum atomic E-state index is 12.0. The summed E-state index contributed by atoms with van der Waals surface area (Å²) in [5, 5.41) is 9.84. The number of aromatic nitrogens is 3. The highest BCUT2D eigenvalue weighted by molar-refractivity contribution is 5.73. The van der Waals surface area contributed by atoms with Crippen molar-refractivity contribution in [3.63, 3.8) is 0 Å². The lowest BCUT2D eigenvalue weighted by molar-refractivity contribution is 0.131. The monoisotopic (exact) mass is 313 g/mol. The molecule has 0 saturated heterocycles. The number of hydrogen-bond acceptors (Lipinski definition) is 3. The first-order chi connectivity index (χ1) is 11.2. The maximum absolute atomic E-state index is 12.0. The highest BCUT2D eigenvalue weighted by atomic mass is 16.2. The fourth-order valence-corrected chi connectivity index (χ4v) is 3.09. The number of carbonyl (C=O) groups excluding carboxylic acids is 1. The van der Waals surface area contributed by atoms with Crippen LogP contribution in [0, 0.1) is 5.41 Å². The zero-order valence-corrected chi connectivity index (χ0v) is 13.5. The molecule has 3 rings (SSSR count). The topological polar surface area (TPSA) is 71.8 Å². The Morgan fingerprint density at radius 2 is 2.04 bits per heavy atom. The molecule has 122 valence electrons. The predicted molar refractivity (Wildman–Crippen MR) is 87.7 cm³/mol. The van der Waals surface area contributed by atoms with Crippen LogP contribution in [0.25, 0.3) is 0 Å². The number of rotatable bonds is 6. The molecule has 23 heavy (non-hydrogen) atoms. The van der Waals surface area contributed by atoms with Crippen LogP contribution in [-0.2, 0) is 20.0 Å². The summed E-state index contributed by atoms with van der Waals surface area (Å²) in [7, 11) is 1.81. The molecule has 6 nitrogen and oxygen atoms in total. The van der Waals surface area contributed by atoms with Crippen LogP contribution in [0.2, 0.25) is 0 Å². The average Bonchev–Trinajstić information content (AvgIpc) is 2.94. The SMILES string of the molecule is Cn1ncnc1CNC(=O)NCC1(Cc2ccccc2)CCC1. The van der Waals surface area contributed by atoms with Gasteiger partial charge in [0.05, 0.1) is 6.54 Å². The van der Waals surface area contributed by atoms with Crippen LogP contribution in [0.1, 0.15) is 30.7 Å². The Hall–Kier alpha value is -2.37. The van der Waals surface area contributed by atoms with Crippen LogP contribution in [0.5, 0.6) is 0 Å². The van der Waals surface area contributed by atoms with Gasteiger partial charge in [0.25, 0.3) is 0 Å². The summed E-state index contributed by atoms with van der Waals surface area (Å²) >= 11 is 0. The fourth-order valence-electron chi connectivity index (χ4n) is 3.09. The first-order valence-corrected chi connectivity index (χ1v) is 8.05. The summed E-state index contributed by atoms with van der Waals surface area (Å²) in [5.41, 5.74) is 1.55. The third kappa shape index (κ3) is 3.88. The standard InChI is InChI=1S/C17H23N5O/c1-22-15(20-13-21-22)11-18-16(23)19-12-17(8-5-9-17)10-14-6-3-2-4-7-14/h2-4,6-7,13H,5,8-12H2,1H3,(H2,18,19,23). The molecule has 1 fully saturated rings. The van der Waals surface area contributed by atoms with E-state index < -0.39 is 0 Å². The summed E-state index contributed by atoms with van der Waals surface area (Å²) < 4.78 is 1.66. The lowest BCUT2D eigenvalue weighted by atomic mass is 9.65. The van der Waals surface area contributed by atoms with Gasteiger partial charge in [-0.15, -0.1) is 0 Å². The lowest BCUT2D eigenvalue weighted by Gasteiger charge is -2.42. The van der Waals surface area contributed by atoms with Crippen LogP contribution >= 0.6 is 0 Å². The van der Waals surface area contributed by atoms with E-state index in [1.165, 1.54) is 31.2 Å². The van der Waals surface area contributed by atoms with Crippen LogP contribution in [0.3, 0.4) is 0 Å². The smallest absolute Gasteiger partial charge is 0.315 e. The van der Waals surface area contributed by atoms with Gasteiger partial charge in [0.2, 0.25) is 0 Å². The number of aryl methyl sites for hydroxylation is 1. The molecule has 0 unspecified atom stereocenters. The molecule has 6 heteroatoms. The van der Waals surface area contributed by atoms with Gasteiger partial charge in [-0.1, -0.05) is 36.8 Å². The summed E-state index contributed by atoms with van der Waals surface area (Å²) in [4.78, 5) is 16.1. The number of nitrogens with one attached hydrogen (secondary N) is 2. The van der Waals surface area contributed by atoms with Crippen molar-refractivity contribution in [2.24, 2.45) is 12.5 Å². The van der Waals surface area contributed by atoms with Crippen molar-refractivity contribution < 1.29 is 4.79 Å². The van der Waals surface area contributed by atoms with Gasteiger partial charge in [0, 0.05) is 13.6 Å². The number of amides is 2. The Kier molecular flexibility index (Phi) is 4.60. The first kappa shape index (κ1) is 15.5. The number of hydrogen-bond donors (Lipinski definition) is 2. The number of carbonyl (C=O) groups is 1. The van der Waals surface area contributed by atoms with Crippen LogP contribution in [0.15, 0.2) is 36.7 Å². The Labute approximate surface area is 136 Å². The largest absolute Gasteiger partial charge is 0.338 e. The molecule has 1 aliphatic carbocycles. The van der Waals surface area contributed by atoms with Gasteiger partial charge in [-0.05, 0) is 30.2 Å². The van der Waals surface area contributed by atoms with Gasteiger partial charge in [-0.25, -0.2) is 9.78 Å². The molecule has 0 bridgehead atoms. The molecule has 0 atom stereocenters. The van der Waals surface area contributed by atoms with Gasteiger partial charge < -0.3 is 10.6 Å². The predicted octanol–water partition coefficient (Wildman–Crippen LogP) is 2.03. The summed E-state index contributed by atoms with van der Waals surface area (Å²) in [6, 6.07) is 10.4. The normalized spacial score (nSPS) is 15.7. The fraction of sp³-hybridized carbons (Fsp3) is 0.471. The molecule has 1 aromatic heterocycles. The minimum Gasteiger partial charge on any atom is -0.338 e. The van der Waals surface area contributed by atoms with Crippen LogP contribution < -0.4 is 10.6 Å². The molecule has 2 amide bonds. The molecule has 1 saturated carbocycles. The zero-order valence-electron chi connectivity index (χ0n) is 13.5. The second-order valence-electron chi connectivity index (χ2n) is 6.35. The molecule has 2 aromatic rings.